The molecule has 1 rings (SSSR count). The van der Waals surface area contributed by atoms with Crippen molar-refractivity contribution in [2.75, 3.05) is 6.54 Å². The van der Waals surface area contributed by atoms with Crippen molar-refractivity contribution in [2.45, 2.75) is 19.4 Å². The van der Waals surface area contributed by atoms with Crippen molar-refractivity contribution in [1.29, 1.82) is 5.26 Å². The quantitative estimate of drug-likeness (QED) is 0.777. The molecule has 0 radical (unpaired) electrons. The topological polar surface area (TPSA) is 35.8 Å². The maximum atomic E-state index is 13.0. The van der Waals surface area contributed by atoms with E-state index in [1.165, 1.54) is 6.07 Å². The van der Waals surface area contributed by atoms with Gasteiger partial charge in [0.1, 0.15) is 0 Å². The van der Waals surface area contributed by atoms with E-state index in [0.717, 1.165) is 12.1 Å². The lowest BCUT2D eigenvalue weighted by atomic mass is 9.94. The molecule has 2 nitrogen and oxygen atoms in total. The Morgan fingerprint density at radius 3 is 2.53 bits per heavy atom. The highest BCUT2D eigenvalue weighted by molar-refractivity contribution is 5.24. The van der Waals surface area contributed by atoms with Crippen LogP contribution in [0.1, 0.15) is 19.4 Å². The Morgan fingerprint density at radius 2 is 2.00 bits per heavy atom. The fourth-order valence-corrected chi connectivity index (χ4v) is 1.25. The Balaban J connectivity index is 2.95. The molecule has 0 amide bonds. The van der Waals surface area contributed by atoms with Crippen LogP contribution in [0.4, 0.5) is 8.78 Å². The van der Waals surface area contributed by atoms with Gasteiger partial charge in [-0.3, -0.25) is 5.32 Å². The molecule has 0 saturated heterocycles. The normalized spacial score (nSPS) is 11.1. The third-order valence-electron chi connectivity index (χ3n) is 2.25. The Morgan fingerprint density at radius 1 is 1.33 bits per heavy atom. The highest BCUT2D eigenvalue weighted by atomic mass is 19.2. The van der Waals surface area contributed by atoms with Crippen molar-refractivity contribution in [3.63, 3.8) is 0 Å². The van der Waals surface area contributed by atoms with Gasteiger partial charge in [-0.05, 0) is 31.5 Å². The van der Waals surface area contributed by atoms with Crippen LogP contribution in [-0.2, 0) is 5.54 Å². The van der Waals surface area contributed by atoms with E-state index in [2.05, 4.69) is 5.32 Å². The van der Waals surface area contributed by atoms with Crippen molar-refractivity contribution in [3.05, 3.63) is 35.4 Å². The molecule has 0 bridgehead atoms. The fourth-order valence-electron chi connectivity index (χ4n) is 1.25. The van der Waals surface area contributed by atoms with Gasteiger partial charge in [0.25, 0.3) is 0 Å². The van der Waals surface area contributed by atoms with Gasteiger partial charge in [0.15, 0.2) is 11.6 Å². The first-order valence-corrected chi connectivity index (χ1v) is 4.55. The second kappa shape index (κ2) is 4.37. The summed E-state index contributed by atoms with van der Waals surface area (Å²) in [6, 6.07) is 5.67. The average Bonchev–Trinajstić information content (AvgIpc) is 2.19. The number of benzene rings is 1. The third-order valence-corrected chi connectivity index (χ3v) is 2.25. The summed E-state index contributed by atoms with van der Waals surface area (Å²) in [5.74, 6) is -1.74. The van der Waals surface area contributed by atoms with Crippen molar-refractivity contribution in [3.8, 4) is 6.07 Å². The molecule has 0 aliphatic rings. The van der Waals surface area contributed by atoms with E-state index in [9.17, 15) is 8.78 Å². The van der Waals surface area contributed by atoms with Gasteiger partial charge in [-0.25, -0.2) is 8.78 Å². The zero-order chi connectivity index (χ0) is 11.5. The van der Waals surface area contributed by atoms with Gasteiger partial charge in [0.05, 0.1) is 12.6 Å². The first kappa shape index (κ1) is 11.6. The number of nitrogens with zero attached hydrogens (tertiary/aromatic N) is 1. The number of halogens is 2. The standard InChI is InChI=1S/C11H12F2N2/c1-11(2,15-6-5-14)8-3-4-9(12)10(13)7-8/h3-4,7,15H,6H2,1-2H3. The molecular weight excluding hydrogens is 198 g/mol. The molecule has 0 aliphatic heterocycles. The van der Waals surface area contributed by atoms with Gasteiger partial charge in [-0.15, -0.1) is 0 Å². The van der Waals surface area contributed by atoms with Crippen LogP contribution in [0.2, 0.25) is 0 Å². The molecule has 0 fully saturated rings. The fraction of sp³-hybridized carbons (Fsp3) is 0.364. The molecule has 0 heterocycles. The molecule has 1 N–H and O–H groups in total. The van der Waals surface area contributed by atoms with Gasteiger partial charge in [0.2, 0.25) is 0 Å². The number of rotatable bonds is 3. The second-order valence-electron chi connectivity index (χ2n) is 3.77. The Hall–Kier alpha value is -1.47. The van der Waals surface area contributed by atoms with E-state index in [1.807, 2.05) is 6.07 Å². The SMILES string of the molecule is CC(C)(NCC#N)c1ccc(F)c(F)c1. The maximum Gasteiger partial charge on any atom is 0.159 e. The van der Waals surface area contributed by atoms with E-state index in [0.29, 0.717) is 5.56 Å². The summed E-state index contributed by atoms with van der Waals surface area (Å²) in [6.45, 7) is 3.76. The van der Waals surface area contributed by atoms with Gasteiger partial charge < -0.3 is 0 Å². The van der Waals surface area contributed by atoms with Crippen molar-refractivity contribution < 1.29 is 8.78 Å². The third kappa shape index (κ3) is 2.74. The largest absolute Gasteiger partial charge is 0.295 e. The molecule has 0 spiro atoms. The van der Waals surface area contributed by atoms with E-state index < -0.39 is 17.2 Å². The zero-order valence-corrected chi connectivity index (χ0v) is 8.64. The molecule has 15 heavy (non-hydrogen) atoms. The maximum absolute atomic E-state index is 13.0. The van der Waals surface area contributed by atoms with E-state index in [1.54, 1.807) is 13.8 Å². The van der Waals surface area contributed by atoms with Crippen molar-refractivity contribution in [1.82, 2.24) is 5.32 Å². The molecule has 4 heteroatoms. The van der Waals surface area contributed by atoms with Crippen LogP contribution < -0.4 is 5.32 Å². The van der Waals surface area contributed by atoms with Crippen LogP contribution in [0.15, 0.2) is 18.2 Å². The summed E-state index contributed by atoms with van der Waals surface area (Å²) >= 11 is 0. The van der Waals surface area contributed by atoms with Crippen LogP contribution in [-0.4, -0.2) is 6.54 Å². The van der Waals surface area contributed by atoms with Crippen molar-refractivity contribution in [2.24, 2.45) is 0 Å². The van der Waals surface area contributed by atoms with E-state index in [4.69, 9.17) is 5.26 Å². The molecule has 1 aromatic carbocycles. The predicted molar refractivity (Wildman–Crippen MR) is 53.0 cm³/mol. The summed E-state index contributed by atoms with van der Waals surface area (Å²) in [5.41, 5.74) is 0.0567. The minimum absolute atomic E-state index is 0.159. The minimum atomic E-state index is -0.876. The highest BCUT2D eigenvalue weighted by Crippen LogP contribution is 2.21. The van der Waals surface area contributed by atoms with Gasteiger partial charge in [-0.2, -0.15) is 5.26 Å². The van der Waals surface area contributed by atoms with Crippen LogP contribution in [0.25, 0.3) is 0 Å². The second-order valence-corrected chi connectivity index (χ2v) is 3.77. The predicted octanol–water partition coefficient (Wildman–Crippen LogP) is 2.31. The summed E-state index contributed by atoms with van der Waals surface area (Å²) in [5, 5.41) is 11.4. The first-order valence-electron chi connectivity index (χ1n) is 4.55. The lowest BCUT2D eigenvalue weighted by molar-refractivity contribution is 0.420. The average molecular weight is 210 g/mol. The molecule has 0 aromatic heterocycles. The molecule has 0 saturated carbocycles. The van der Waals surface area contributed by atoms with Gasteiger partial charge in [0, 0.05) is 5.54 Å². The lowest BCUT2D eigenvalue weighted by Gasteiger charge is -2.25. The van der Waals surface area contributed by atoms with Gasteiger partial charge >= 0.3 is 0 Å². The molecule has 80 valence electrons. The number of hydrogen-bond acceptors (Lipinski definition) is 2. The summed E-state index contributed by atoms with van der Waals surface area (Å²) in [6.07, 6.45) is 0. The zero-order valence-electron chi connectivity index (χ0n) is 8.64. The molecular formula is C11H12F2N2. The number of nitriles is 1. The number of nitrogens with one attached hydrogen (secondary N) is 1. The van der Waals surface area contributed by atoms with Crippen molar-refractivity contribution >= 4 is 0 Å². The molecule has 0 aliphatic carbocycles. The summed E-state index contributed by atoms with van der Waals surface area (Å²) < 4.78 is 25.7. The Labute approximate surface area is 87.5 Å². The smallest absolute Gasteiger partial charge is 0.159 e. The van der Waals surface area contributed by atoms with Crippen LogP contribution in [0.3, 0.4) is 0 Å². The first-order chi connectivity index (χ1) is 6.97. The van der Waals surface area contributed by atoms with E-state index in [-0.39, 0.29) is 6.54 Å². The van der Waals surface area contributed by atoms with Crippen LogP contribution in [0, 0.1) is 23.0 Å². The van der Waals surface area contributed by atoms with E-state index >= 15 is 0 Å². The summed E-state index contributed by atoms with van der Waals surface area (Å²) in [4.78, 5) is 0. The number of hydrogen-bond donors (Lipinski definition) is 1. The molecule has 1 aromatic rings. The molecule has 0 atom stereocenters. The summed E-state index contributed by atoms with van der Waals surface area (Å²) in [7, 11) is 0. The van der Waals surface area contributed by atoms with Crippen LogP contribution >= 0.6 is 0 Å². The monoisotopic (exact) mass is 210 g/mol. The van der Waals surface area contributed by atoms with Gasteiger partial charge in [-0.1, -0.05) is 6.07 Å². The highest BCUT2D eigenvalue weighted by Gasteiger charge is 2.20. The minimum Gasteiger partial charge on any atom is -0.295 e. The lowest BCUT2D eigenvalue weighted by Crippen LogP contribution is -2.36. The van der Waals surface area contributed by atoms with Crippen LogP contribution in [0.5, 0.6) is 0 Å². The molecule has 0 unspecified atom stereocenters. The Bertz CT molecular complexity index is 394. The Kier molecular flexibility index (Phi) is 3.38.